The van der Waals surface area contributed by atoms with Crippen molar-refractivity contribution in [3.63, 3.8) is 0 Å². The van der Waals surface area contributed by atoms with Gasteiger partial charge in [-0.3, -0.25) is 9.69 Å². The molecular formula is C16H24BrN3O. The number of likely N-dealkylation sites (tertiary alicyclic amines) is 1. The van der Waals surface area contributed by atoms with Crippen LogP contribution in [0.4, 0.5) is 5.69 Å². The molecule has 1 aromatic rings. The summed E-state index contributed by atoms with van der Waals surface area (Å²) in [5.74, 6) is 0.0193. The van der Waals surface area contributed by atoms with E-state index < -0.39 is 0 Å². The summed E-state index contributed by atoms with van der Waals surface area (Å²) in [6.07, 6.45) is 0.939. The fraction of sp³-hybridized carbons (Fsp3) is 0.562. The van der Waals surface area contributed by atoms with Gasteiger partial charge >= 0.3 is 0 Å². The molecule has 1 unspecified atom stereocenters. The molecule has 1 amide bonds. The van der Waals surface area contributed by atoms with E-state index in [0.29, 0.717) is 6.54 Å². The lowest BCUT2D eigenvalue weighted by Crippen LogP contribution is -2.53. The largest absolute Gasteiger partial charge is 0.327 e. The minimum atomic E-state index is 0.0193. The zero-order valence-electron chi connectivity index (χ0n) is 12.9. The Bertz CT molecular complexity index is 530. The van der Waals surface area contributed by atoms with E-state index in [0.717, 1.165) is 35.2 Å². The first-order chi connectivity index (χ1) is 9.78. The Balaban J connectivity index is 1.93. The van der Waals surface area contributed by atoms with Gasteiger partial charge in [0.2, 0.25) is 5.91 Å². The number of halogens is 1. The molecule has 1 saturated heterocycles. The number of anilines is 1. The molecule has 0 bridgehead atoms. The average Bonchev–Trinajstić information content (AvgIpc) is 2.37. The fourth-order valence-corrected chi connectivity index (χ4v) is 3.33. The molecule has 1 aliphatic heterocycles. The number of nitrogens with one attached hydrogen (secondary N) is 1. The lowest BCUT2D eigenvalue weighted by molar-refractivity contribution is -0.118. The number of piperidine rings is 1. The number of hydrogen-bond donors (Lipinski definition) is 2. The van der Waals surface area contributed by atoms with E-state index in [-0.39, 0.29) is 17.4 Å². The number of benzene rings is 1. The third-order valence-electron chi connectivity index (χ3n) is 4.16. The van der Waals surface area contributed by atoms with Gasteiger partial charge in [0, 0.05) is 23.6 Å². The first-order valence-electron chi connectivity index (χ1n) is 7.32. The maximum Gasteiger partial charge on any atom is 0.238 e. The highest BCUT2D eigenvalue weighted by molar-refractivity contribution is 9.10. The Morgan fingerprint density at radius 3 is 2.86 bits per heavy atom. The summed E-state index contributed by atoms with van der Waals surface area (Å²) in [5.41, 5.74) is 8.17. The van der Waals surface area contributed by atoms with Gasteiger partial charge in [-0.2, -0.15) is 0 Å². The number of hydrogen-bond acceptors (Lipinski definition) is 3. The molecular weight excluding hydrogens is 330 g/mol. The van der Waals surface area contributed by atoms with Gasteiger partial charge in [0.25, 0.3) is 0 Å². The predicted octanol–water partition coefficient (Wildman–Crippen LogP) is 2.76. The van der Waals surface area contributed by atoms with Crippen LogP contribution in [-0.4, -0.2) is 36.5 Å². The Hall–Kier alpha value is -0.910. The maximum atomic E-state index is 12.2. The van der Waals surface area contributed by atoms with Gasteiger partial charge in [0.05, 0.1) is 12.2 Å². The molecule has 1 atom stereocenters. The molecule has 0 aromatic heterocycles. The second-order valence-corrected chi connectivity index (χ2v) is 7.48. The molecule has 0 radical (unpaired) electrons. The van der Waals surface area contributed by atoms with E-state index in [1.165, 1.54) is 0 Å². The summed E-state index contributed by atoms with van der Waals surface area (Å²) in [5, 5.41) is 2.96. The van der Waals surface area contributed by atoms with Crippen LogP contribution in [0.5, 0.6) is 0 Å². The molecule has 116 valence electrons. The van der Waals surface area contributed by atoms with Crippen LogP contribution >= 0.6 is 15.9 Å². The Labute approximate surface area is 135 Å². The SMILES string of the molecule is Cc1ccc(NC(=O)CN2CCC(N)C(C)(C)C2)c(Br)c1. The van der Waals surface area contributed by atoms with Crippen LogP contribution in [0.3, 0.4) is 0 Å². The molecule has 0 spiro atoms. The van der Waals surface area contributed by atoms with Crippen molar-refractivity contribution in [2.24, 2.45) is 11.1 Å². The minimum Gasteiger partial charge on any atom is -0.327 e. The second-order valence-electron chi connectivity index (χ2n) is 6.63. The number of nitrogens with zero attached hydrogens (tertiary/aromatic N) is 1. The second kappa shape index (κ2) is 6.46. The van der Waals surface area contributed by atoms with Gasteiger partial charge in [-0.15, -0.1) is 0 Å². The highest BCUT2D eigenvalue weighted by atomic mass is 79.9. The van der Waals surface area contributed by atoms with Gasteiger partial charge < -0.3 is 11.1 Å². The van der Waals surface area contributed by atoms with Gasteiger partial charge in [-0.05, 0) is 52.4 Å². The number of nitrogens with two attached hydrogens (primary N) is 1. The molecule has 0 aliphatic carbocycles. The molecule has 4 nitrogen and oxygen atoms in total. The first-order valence-corrected chi connectivity index (χ1v) is 8.11. The van der Waals surface area contributed by atoms with Crippen LogP contribution in [0.1, 0.15) is 25.8 Å². The van der Waals surface area contributed by atoms with Crippen molar-refractivity contribution < 1.29 is 4.79 Å². The Kier molecular flexibility index (Phi) is 5.07. The molecule has 1 aliphatic rings. The topological polar surface area (TPSA) is 58.4 Å². The zero-order valence-corrected chi connectivity index (χ0v) is 14.5. The average molecular weight is 354 g/mol. The number of rotatable bonds is 3. The standard InChI is InChI=1S/C16H24BrN3O/c1-11-4-5-13(12(17)8-11)19-15(21)9-20-7-6-14(18)16(2,3)10-20/h4-5,8,14H,6-7,9-10,18H2,1-3H3,(H,19,21). The van der Waals surface area contributed by atoms with E-state index in [1.807, 2.05) is 25.1 Å². The van der Waals surface area contributed by atoms with Crippen molar-refractivity contribution in [1.29, 1.82) is 0 Å². The number of amides is 1. The van der Waals surface area contributed by atoms with Crippen LogP contribution in [0.25, 0.3) is 0 Å². The van der Waals surface area contributed by atoms with Gasteiger partial charge in [-0.25, -0.2) is 0 Å². The number of aryl methyl sites for hydroxylation is 1. The summed E-state index contributed by atoms with van der Waals surface area (Å²) in [6, 6.07) is 6.12. The third-order valence-corrected chi connectivity index (χ3v) is 4.81. The molecule has 2 rings (SSSR count). The lowest BCUT2D eigenvalue weighted by atomic mass is 9.80. The third kappa shape index (κ3) is 4.28. The van der Waals surface area contributed by atoms with Crippen LogP contribution in [0.15, 0.2) is 22.7 Å². The van der Waals surface area contributed by atoms with E-state index in [2.05, 4.69) is 40.0 Å². The molecule has 21 heavy (non-hydrogen) atoms. The van der Waals surface area contributed by atoms with Gasteiger partial charge in [0.1, 0.15) is 0 Å². The van der Waals surface area contributed by atoms with Crippen molar-refractivity contribution in [2.45, 2.75) is 33.2 Å². The highest BCUT2D eigenvalue weighted by Crippen LogP contribution is 2.28. The summed E-state index contributed by atoms with van der Waals surface area (Å²) in [6.45, 7) is 8.51. The van der Waals surface area contributed by atoms with Gasteiger partial charge in [0.15, 0.2) is 0 Å². The highest BCUT2D eigenvalue weighted by Gasteiger charge is 2.33. The predicted molar refractivity (Wildman–Crippen MR) is 90.3 cm³/mol. The number of carbonyl (C=O) groups excluding carboxylic acids is 1. The summed E-state index contributed by atoms with van der Waals surface area (Å²) in [7, 11) is 0. The van der Waals surface area contributed by atoms with E-state index >= 15 is 0 Å². The smallest absolute Gasteiger partial charge is 0.238 e. The van der Waals surface area contributed by atoms with Gasteiger partial charge in [-0.1, -0.05) is 19.9 Å². The molecule has 5 heteroatoms. The molecule has 1 fully saturated rings. The van der Waals surface area contributed by atoms with Crippen molar-refractivity contribution in [1.82, 2.24) is 4.90 Å². The van der Waals surface area contributed by atoms with Crippen molar-refractivity contribution in [3.8, 4) is 0 Å². The van der Waals surface area contributed by atoms with Crippen LogP contribution in [0.2, 0.25) is 0 Å². The lowest BCUT2D eigenvalue weighted by Gasteiger charge is -2.42. The first kappa shape index (κ1) is 16.5. The monoisotopic (exact) mass is 353 g/mol. The summed E-state index contributed by atoms with van der Waals surface area (Å²) in [4.78, 5) is 14.4. The quantitative estimate of drug-likeness (QED) is 0.878. The number of carbonyl (C=O) groups is 1. The minimum absolute atomic E-state index is 0.0193. The molecule has 3 N–H and O–H groups in total. The Morgan fingerprint density at radius 1 is 1.52 bits per heavy atom. The summed E-state index contributed by atoms with van der Waals surface area (Å²) >= 11 is 3.48. The van der Waals surface area contributed by atoms with E-state index in [4.69, 9.17) is 5.73 Å². The van der Waals surface area contributed by atoms with Crippen LogP contribution in [0, 0.1) is 12.3 Å². The zero-order chi connectivity index (χ0) is 15.6. The van der Waals surface area contributed by atoms with Crippen LogP contribution < -0.4 is 11.1 Å². The molecule has 1 heterocycles. The van der Waals surface area contributed by atoms with Crippen molar-refractivity contribution in [2.75, 3.05) is 25.0 Å². The summed E-state index contributed by atoms with van der Waals surface area (Å²) < 4.78 is 0.914. The molecule has 0 saturated carbocycles. The van der Waals surface area contributed by atoms with E-state index in [1.54, 1.807) is 0 Å². The maximum absolute atomic E-state index is 12.2. The normalized spacial score (nSPS) is 22.0. The fourth-order valence-electron chi connectivity index (χ4n) is 2.73. The van der Waals surface area contributed by atoms with Crippen molar-refractivity contribution in [3.05, 3.63) is 28.2 Å². The molecule has 1 aromatic carbocycles. The van der Waals surface area contributed by atoms with E-state index in [9.17, 15) is 4.79 Å². The Morgan fingerprint density at radius 2 is 2.24 bits per heavy atom. The van der Waals surface area contributed by atoms with Crippen molar-refractivity contribution >= 4 is 27.5 Å². The van der Waals surface area contributed by atoms with Crippen LogP contribution in [-0.2, 0) is 4.79 Å².